The van der Waals surface area contributed by atoms with Gasteiger partial charge in [0.15, 0.2) is 0 Å². The van der Waals surface area contributed by atoms with Gasteiger partial charge < -0.3 is 4.74 Å². The molecule has 0 aromatic heterocycles. The predicted molar refractivity (Wildman–Crippen MR) is 164 cm³/mol. The number of hydrogen-bond donors (Lipinski definition) is 1. The fraction of sp³-hybridized carbons (Fsp3) is 0.471. The second-order valence-electron chi connectivity index (χ2n) is 13.1. The number of halogens is 11. The molecule has 1 aliphatic rings. The van der Waals surface area contributed by atoms with Gasteiger partial charge in [0.05, 0.1) is 12.0 Å². The Balaban J connectivity index is 1.36. The average Bonchev–Trinajstić information content (AvgIpc) is 3.22. The van der Waals surface area contributed by atoms with Crippen molar-refractivity contribution < 1.29 is 70.7 Å². The molecule has 3 aromatic carbocycles. The van der Waals surface area contributed by atoms with E-state index < -0.39 is 56.1 Å². The largest absolute Gasteiger partial charge is 0.494 e. The lowest BCUT2D eigenvalue weighted by Crippen LogP contribution is -2.55. The van der Waals surface area contributed by atoms with Crippen LogP contribution >= 0.6 is 0 Å². The van der Waals surface area contributed by atoms with Crippen molar-refractivity contribution >= 4 is 10.1 Å². The standard InChI is InChI=1S/C34H33F11O5S/c1-20-8-14-24-25-15-11-22(19-27(25)28(2,3)26(24)18-20)29(4,31(37,38)39)16-6-5-7-17-49-23-12-9-21(10-13-23)30(35,36)32(40,41)50-33(42,43)34(44,45)51(46,47)48/h8-15,18-19H,5-7,16-17H2,1-4H3,(H,46,47,48). The van der Waals surface area contributed by atoms with Crippen LogP contribution in [0.2, 0.25) is 0 Å². The van der Waals surface area contributed by atoms with E-state index in [1.807, 2.05) is 39.0 Å². The molecule has 1 N–H and O–H groups in total. The second-order valence-corrected chi connectivity index (χ2v) is 14.6. The molecule has 0 saturated heterocycles. The first-order chi connectivity index (χ1) is 23.1. The molecular weight excluding hydrogens is 729 g/mol. The minimum absolute atomic E-state index is 0.112. The van der Waals surface area contributed by atoms with E-state index in [0.29, 0.717) is 12.1 Å². The quantitative estimate of drug-likeness (QED) is 0.101. The van der Waals surface area contributed by atoms with Crippen LogP contribution in [-0.4, -0.2) is 43.2 Å². The van der Waals surface area contributed by atoms with Crippen molar-refractivity contribution in [1.29, 1.82) is 0 Å². The fourth-order valence-electron chi connectivity index (χ4n) is 5.95. The predicted octanol–water partition coefficient (Wildman–Crippen LogP) is 10.5. The van der Waals surface area contributed by atoms with Crippen molar-refractivity contribution in [3.63, 3.8) is 0 Å². The summed E-state index contributed by atoms with van der Waals surface area (Å²) >= 11 is 0. The Bertz CT molecular complexity index is 1860. The molecule has 0 bridgehead atoms. The number of benzene rings is 3. The molecular formula is C34H33F11O5S. The second kappa shape index (κ2) is 13.2. The highest BCUT2D eigenvalue weighted by molar-refractivity contribution is 7.86. The van der Waals surface area contributed by atoms with Gasteiger partial charge in [-0.1, -0.05) is 68.7 Å². The number of fused-ring (bicyclic) bond motifs is 3. The lowest BCUT2D eigenvalue weighted by Gasteiger charge is -2.34. The highest BCUT2D eigenvalue weighted by Crippen LogP contribution is 2.53. The molecule has 282 valence electrons. The third kappa shape index (κ3) is 7.30. The molecule has 0 spiro atoms. The molecule has 1 aliphatic carbocycles. The Morgan fingerprint density at radius 3 is 1.78 bits per heavy atom. The zero-order chi connectivity index (χ0) is 38.6. The van der Waals surface area contributed by atoms with Crippen LogP contribution in [0.1, 0.15) is 74.3 Å². The molecule has 51 heavy (non-hydrogen) atoms. The first kappa shape index (κ1) is 40.3. The smallest absolute Gasteiger partial charge is 0.460 e. The van der Waals surface area contributed by atoms with E-state index in [0.717, 1.165) is 34.7 Å². The molecule has 0 radical (unpaired) electrons. The summed E-state index contributed by atoms with van der Waals surface area (Å²) in [6.07, 6.45) is -17.5. The van der Waals surface area contributed by atoms with Crippen LogP contribution in [0, 0.1) is 6.92 Å². The molecule has 1 unspecified atom stereocenters. The first-order valence-electron chi connectivity index (χ1n) is 15.4. The van der Waals surface area contributed by atoms with Crippen LogP contribution in [0.25, 0.3) is 11.1 Å². The minimum atomic E-state index is -7.06. The number of aryl methyl sites for hydroxylation is 1. The molecule has 17 heteroatoms. The van der Waals surface area contributed by atoms with Crippen LogP contribution in [0.15, 0.2) is 60.7 Å². The Labute approximate surface area is 286 Å². The summed E-state index contributed by atoms with van der Waals surface area (Å²) in [6.45, 7) is 6.88. The molecule has 0 aliphatic heterocycles. The summed E-state index contributed by atoms with van der Waals surface area (Å²) in [7, 11) is -7.06. The third-order valence-corrected chi connectivity index (χ3v) is 10.1. The summed E-state index contributed by atoms with van der Waals surface area (Å²) in [4.78, 5) is 0. The van der Waals surface area contributed by atoms with Crippen LogP contribution in [-0.2, 0) is 31.6 Å². The van der Waals surface area contributed by atoms with Gasteiger partial charge in [0.1, 0.15) is 5.75 Å². The summed E-state index contributed by atoms with van der Waals surface area (Å²) in [5.41, 5.74) is 0.402. The number of alkyl halides is 11. The highest BCUT2D eigenvalue weighted by atomic mass is 32.2. The van der Waals surface area contributed by atoms with Gasteiger partial charge in [-0.05, 0) is 78.8 Å². The zero-order valence-corrected chi connectivity index (χ0v) is 28.3. The summed E-state index contributed by atoms with van der Waals surface area (Å²) in [5, 5.41) is -6.70. The highest BCUT2D eigenvalue weighted by Gasteiger charge is 2.74. The zero-order valence-electron chi connectivity index (χ0n) is 27.5. The SMILES string of the molecule is Cc1ccc2c(c1)C(C)(C)c1cc(C(C)(CCCCCOc3ccc(C(F)(F)C(F)(F)OC(F)(F)C(F)(F)S(=O)(=O)O)cc3)C(F)(F)F)ccc1-2. The van der Waals surface area contributed by atoms with Crippen LogP contribution < -0.4 is 4.74 Å². The van der Waals surface area contributed by atoms with E-state index in [9.17, 15) is 56.7 Å². The van der Waals surface area contributed by atoms with Gasteiger partial charge in [-0.25, -0.2) is 4.74 Å². The average molecular weight is 763 g/mol. The van der Waals surface area contributed by atoms with Crippen molar-refractivity contribution in [1.82, 2.24) is 0 Å². The monoisotopic (exact) mass is 762 g/mol. The Morgan fingerprint density at radius 2 is 1.24 bits per heavy atom. The molecule has 5 nitrogen and oxygen atoms in total. The van der Waals surface area contributed by atoms with E-state index in [2.05, 4.69) is 4.74 Å². The molecule has 0 amide bonds. The van der Waals surface area contributed by atoms with Gasteiger partial charge in [-0.3, -0.25) is 4.55 Å². The molecule has 3 aromatic rings. The molecule has 1 atom stereocenters. The van der Waals surface area contributed by atoms with Gasteiger partial charge >= 0.3 is 39.7 Å². The Morgan fingerprint density at radius 1 is 0.706 bits per heavy atom. The summed E-state index contributed by atoms with van der Waals surface area (Å²) in [6, 6.07) is 12.8. The topological polar surface area (TPSA) is 72.8 Å². The number of rotatable bonds is 14. The minimum Gasteiger partial charge on any atom is -0.494 e. The maximum Gasteiger partial charge on any atom is 0.460 e. The fourth-order valence-corrected chi connectivity index (χ4v) is 6.30. The lowest BCUT2D eigenvalue weighted by atomic mass is 9.74. The number of hydrogen-bond acceptors (Lipinski definition) is 4. The normalized spacial score (nSPS) is 16.4. The number of ether oxygens (including phenoxy) is 2. The van der Waals surface area contributed by atoms with Crippen molar-refractivity contribution in [2.45, 2.75) is 93.8 Å². The van der Waals surface area contributed by atoms with Gasteiger partial charge in [0.2, 0.25) is 0 Å². The van der Waals surface area contributed by atoms with Crippen molar-refractivity contribution in [2.75, 3.05) is 6.61 Å². The lowest BCUT2D eigenvalue weighted by molar-refractivity contribution is -0.459. The van der Waals surface area contributed by atoms with E-state index in [1.54, 1.807) is 12.1 Å². The number of unbranched alkanes of at least 4 members (excludes halogenated alkanes) is 2. The van der Waals surface area contributed by atoms with Crippen LogP contribution in [0.5, 0.6) is 5.75 Å². The molecule has 0 saturated carbocycles. The summed E-state index contributed by atoms with van der Waals surface area (Å²) < 4.78 is 191. The van der Waals surface area contributed by atoms with Gasteiger partial charge in [-0.2, -0.15) is 56.7 Å². The van der Waals surface area contributed by atoms with Gasteiger partial charge in [-0.15, -0.1) is 0 Å². The van der Waals surface area contributed by atoms with E-state index in [4.69, 9.17) is 9.29 Å². The molecule has 0 fully saturated rings. The molecule has 0 heterocycles. The van der Waals surface area contributed by atoms with Gasteiger partial charge in [0.25, 0.3) is 0 Å². The summed E-state index contributed by atoms with van der Waals surface area (Å²) in [5.74, 6) is -5.91. The van der Waals surface area contributed by atoms with Crippen LogP contribution in [0.4, 0.5) is 48.3 Å². The van der Waals surface area contributed by atoms with E-state index in [-0.39, 0.29) is 55.7 Å². The van der Waals surface area contributed by atoms with Crippen LogP contribution in [0.3, 0.4) is 0 Å². The Kier molecular flexibility index (Phi) is 10.4. The maximum absolute atomic E-state index is 14.6. The Hall–Kier alpha value is -3.44. The van der Waals surface area contributed by atoms with Crippen molar-refractivity contribution in [2.24, 2.45) is 0 Å². The first-order valence-corrected chi connectivity index (χ1v) is 16.8. The van der Waals surface area contributed by atoms with E-state index >= 15 is 0 Å². The van der Waals surface area contributed by atoms with E-state index in [1.165, 1.54) is 6.07 Å². The third-order valence-electron chi connectivity index (χ3n) is 9.19. The van der Waals surface area contributed by atoms with Gasteiger partial charge in [0, 0.05) is 11.0 Å². The molecule has 4 rings (SSSR count). The van der Waals surface area contributed by atoms with Crippen molar-refractivity contribution in [3.8, 4) is 16.9 Å². The maximum atomic E-state index is 14.6. The van der Waals surface area contributed by atoms with Crippen molar-refractivity contribution in [3.05, 3.63) is 88.5 Å².